The summed E-state index contributed by atoms with van der Waals surface area (Å²) in [5, 5.41) is 3.36. The summed E-state index contributed by atoms with van der Waals surface area (Å²) in [7, 11) is 1.36. The Morgan fingerprint density at radius 1 is 1.52 bits per heavy atom. The standard InChI is InChI=1S/C15H24N4O2/c1-3-6-19-7-4-12(5-8-19)18-14-13(15(20)21-2)9-11(16)10-17-14/h9-10,12H,3-8,16H2,1-2H3,(H,17,18). The van der Waals surface area contributed by atoms with Crippen molar-refractivity contribution >= 4 is 17.5 Å². The second-order valence-electron chi connectivity index (χ2n) is 5.42. The third-order valence-electron chi connectivity index (χ3n) is 3.78. The summed E-state index contributed by atoms with van der Waals surface area (Å²) in [6, 6.07) is 1.94. The second-order valence-corrected chi connectivity index (χ2v) is 5.42. The van der Waals surface area contributed by atoms with Crippen LogP contribution in [-0.4, -0.2) is 48.6 Å². The SMILES string of the molecule is CCCN1CCC(Nc2ncc(N)cc2C(=O)OC)CC1. The van der Waals surface area contributed by atoms with Crippen LogP contribution in [0.2, 0.25) is 0 Å². The van der Waals surface area contributed by atoms with Gasteiger partial charge in [-0.05, 0) is 31.9 Å². The maximum absolute atomic E-state index is 11.8. The van der Waals surface area contributed by atoms with Gasteiger partial charge in [0.05, 0.1) is 19.0 Å². The topological polar surface area (TPSA) is 80.5 Å². The first-order chi connectivity index (χ1) is 10.1. The lowest BCUT2D eigenvalue weighted by atomic mass is 10.0. The molecule has 1 aliphatic heterocycles. The van der Waals surface area contributed by atoms with E-state index in [1.165, 1.54) is 13.5 Å². The highest BCUT2D eigenvalue weighted by Gasteiger charge is 2.21. The Morgan fingerprint density at radius 2 is 2.24 bits per heavy atom. The van der Waals surface area contributed by atoms with Gasteiger partial charge in [0.25, 0.3) is 0 Å². The number of pyridine rings is 1. The number of nitrogens with zero attached hydrogens (tertiary/aromatic N) is 2. The molecule has 0 spiro atoms. The van der Waals surface area contributed by atoms with Gasteiger partial charge in [0.1, 0.15) is 11.4 Å². The van der Waals surface area contributed by atoms with Crippen molar-refractivity contribution in [3.63, 3.8) is 0 Å². The summed E-state index contributed by atoms with van der Waals surface area (Å²) in [4.78, 5) is 18.5. The smallest absolute Gasteiger partial charge is 0.341 e. The van der Waals surface area contributed by atoms with Crippen molar-refractivity contribution in [2.24, 2.45) is 0 Å². The third-order valence-corrected chi connectivity index (χ3v) is 3.78. The van der Waals surface area contributed by atoms with Gasteiger partial charge < -0.3 is 20.7 Å². The van der Waals surface area contributed by atoms with Crippen molar-refractivity contribution in [1.29, 1.82) is 0 Å². The van der Waals surface area contributed by atoms with Gasteiger partial charge >= 0.3 is 5.97 Å². The molecule has 0 aliphatic carbocycles. The number of nitrogen functional groups attached to an aromatic ring is 1. The Morgan fingerprint density at radius 3 is 2.86 bits per heavy atom. The normalized spacial score (nSPS) is 16.7. The van der Waals surface area contributed by atoms with Gasteiger partial charge in [-0.2, -0.15) is 0 Å². The van der Waals surface area contributed by atoms with Crippen LogP contribution in [-0.2, 0) is 4.74 Å². The molecule has 0 aromatic carbocycles. The van der Waals surface area contributed by atoms with Crippen LogP contribution in [0.3, 0.4) is 0 Å². The minimum atomic E-state index is -0.416. The van der Waals surface area contributed by atoms with E-state index in [2.05, 4.69) is 22.1 Å². The van der Waals surface area contributed by atoms with Crippen molar-refractivity contribution in [2.45, 2.75) is 32.2 Å². The minimum absolute atomic E-state index is 0.331. The average molecular weight is 292 g/mol. The first-order valence-electron chi connectivity index (χ1n) is 7.46. The number of anilines is 2. The summed E-state index contributed by atoms with van der Waals surface area (Å²) in [5.41, 5.74) is 6.55. The molecule has 116 valence electrons. The second kappa shape index (κ2) is 7.26. The zero-order valence-electron chi connectivity index (χ0n) is 12.8. The van der Waals surface area contributed by atoms with Gasteiger partial charge in [0, 0.05) is 19.1 Å². The molecule has 0 saturated carbocycles. The number of carbonyl (C=O) groups excluding carboxylic acids is 1. The third kappa shape index (κ3) is 4.07. The van der Waals surface area contributed by atoms with Gasteiger partial charge in [-0.3, -0.25) is 0 Å². The van der Waals surface area contributed by atoms with Gasteiger partial charge in [-0.1, -0.05) is 6.92 Å². The minimum Gasteiger partial charge on any atom is -0.465 e. The zero-order valence-corrected chi connectivity index (χ0v) is 12.8. The van der Waals surface area contributed by atoms with E-state index < -0.39 is 5.97 Å². The first kappa shape index (κ1) is 15.6. The number of hydrogen-bond acceptors (Lipinski definition) is 6. The van der Waals surface area contributed by atoms with Gasteiger partial charge in [-0.25, -0.2) is 9.78 Å². The summed E-state index contributed by atoms with van der Waals surface area (Å²) >= 11 is 0. The van der Waals surface area contributed by atoms with Crippen LogP contribution in [0, 0.1) is 0 Å². The van der Waals surface area contributed by atoms with Crippen molar-refractivity contribution in [3.8, 4) is 0 Å². The molecule has 1 fully saturated rings. The fourth-order valence-corrected chi connectivity index (χ4v) is 2.67. The molecule has 1 aliphatic rings. The highest BCUT2D eigenvalue weighted by molar-refractivity contribution is 5.95. The molecule has 21 heavy (non-hydrogen) atoms. The van der Waals surface area contributed by atoms with E-state index in [9.17, 15) is 4.79 Å². The predicted octanol–water partition coefficient (Wildman–Crippen LogP) is 1.74. The number of esters is 1. The zero-order chi connectivity index (χ0) is 15.2. The molecule has 0 unspecified atom stereocenters. The largest absolute Gasteiger partial charge is 0.465 e. The van der Waals surface area contributed by atoms with Gasteiger partial charge in [0.15, 0.2) is 0 Å². The molecule has 3 N–H and O–H groups in total. The van der Waals surface area contributed by atoms with E-state index in [-0.39, 0.29) is 0 Å². The Labute approximate surface area is 125 Å². The van der Waals surface area contributed by atoms with Gasteiger partial charge in [-0.15, -0.1) is 0 Å². The summed E-state index contributed by atoms with van der Waals surface area (Å²) in [6.07, 6.45) is 4.84. The first-order valence-corrected chi connectivity index (χ1v) is 7.46. The Balaban J connectivity index is 2.02. The molecule has 2 rings (SSSR count). The van der Waals surface area contributed by atoms with Crippen LogP contribution < -0.4 is 11.1 Å². The van der Waals surface area contributed by atoms with Crippen molar-refractivity contribution in [2.75, 3.05) is 37.8 Å². The number of methoxy groups -OCH3 is 1. The van der Waals surface area contributed by atoms with E-state index in [1.54, 1.807) is 12.3 Å². The predicted molar refractivity (Wildman–Crippen MR) is 83.4 cm³/mol. The van der Waals surface area contributed by atoms with E-state index in [4.69, 9.17) is 10.5 Å². The molecule has 2 heterocycles. The number of piperidine rings is 1. The lowest BCUT2D eigenvalue weighted by Gasteiger charge is -2.32. The number of nitrogens with one attached hydrogen (secondary N) is 1. The highest BCUT2D eigenvalue weighted by Crippen LogP contribution is 2.21. The molecule has 0 atom stereocenters. The molecular weight excluding hydrogens is 268 g/mol. The van der Waals surface area contributed by atoms with Crippen LogP contribution in [0.25, 0.3) is 0 Å². The van der Waals surface area contributed by atoms with E-state index in [0.717, 1.165) is 32.5 Å². The fraction of sp³-hybridized carbons (Fsp3) is 0.600. The molecule has 6 heteroatoms. The Hall–Kier alpha value is -1.82. The molecule has 1 saturated heterocycles. The van der Waals surface area contributed by atoms with Crippen molar-refractivity contribution in [1.82, 2.24) is 9.88 Å². The molecular formula is C15H24N4O2. The van der Waals surface area contributed by atoms with Crippen LogP contribution in [0.1, 0.15) is 36.5 Å². The maximum Gasteiger partial charge on any atom is 0.341 e. The molecule has 0 bridgehead atoms. The number of nitrogens with two attached hydrogens (primary N) is 1. The quantitative estimate of drug-likeness (QED) is 0.805. The van der Waals surface area contributed by atoms with Crippen molar-refractivity contribution < 1.29 is 9.53 Å². The van der Waals surface area contributed by atoms with E-state index in [0.29, 0.717) is 23.1 Å². The van der Waals surface area contributed by atoms with Gasteiger partial charge in [0.2, 0.25) is 0 Å². The molecule has 0 radical (unpaired) electrons. The van der Waals surface area contributed by atoms with E-state index >= 15 is 0 Å². The van der Waals surface area contributed by atoms with Crippen LogP contribution >= 0.6 is 0 Å². The summed E-state index contributed by atoms with van der Waals surface area (Å²) in [5.74, 6) is 0.144. The van der Waals surface area contributed by atoms with Crippen LogP contribution in [0.15, 0.2) is 12.3 Å². The lowest BCUT2D eigenvalue weighted by molar-refractivity contribution is 0.0601. The number of likely N-dealkylation sites (tertiary alicyclic amines) is 1. The van der Waals surface area contributed by atoms with Crippen LogP contribution in [0.4, 0.5) is 11.5 Å². The Kier molecular flexibility index (Phi) is 5.38. The lowest BCUT2D eigenvalue weighted by Crippen LogP contribution is -2.39. The monoisotopic (exact) mass is 292 g/mol. The fourth-order valence-electron chi connectivity index (χ4n) is 2.67. The molecule has 1 aromatic rings. The molecule has 6 nitrogen and oxygen atoms in total. The number of aromatic nitrogens is 1. The number of rotatable bonds is 5. The summed E-state index contributed by atoms with van der Waals surface area (Å²) in [6.45, 7) is 5.51. The van der Waals surface area contributed by atoms with Crippen molar-refractivity contribution in [3.05, 3.63) is 17.8 Å². The van der Waals surface area contributed by atoms with Crippen LogP contribution in [0.5, 0.6) is 0 Å². The molecule has 0 amide bonds. The van der Waals surface area contributed by atoms with E-state index in [1.807, 2.05) is 0 Å². The average Bonchev–Trinajstić information content (AvgIpc) is 2.50. The Bertz CT molecular complexity index is 485. The number of ether oxygens (including phenoxy) is 1. The maximum atomic E-state index is 11.8. The number of carbonyl (C=O) groups is 1. The summed E-state index contributed by atoms with van der Waals surface area (Å²) < 4.78 is 4.79. The number of hydrogen-bond donors (Lipinski definition) is 2. The highest BCUT2D eigenvalue weighted by atomic mass is 16.5. The molecule has 1 aromatic heterocycles.